The first-order valence-electron chi connectivity index (χ1n) is 15.9. The predicted molar refractivity (Wildman–Crippen MR) is 182 cm³/mol. The number of nitrogens with zero attached hydrogens (tertiary/aromatic N) is 2. The van der Waals surface area contributed by atoms with Gasteiger partial charge >= 0.3 is 11.9 Å². The van der Waals surface area contributed by atoms with E-state index in [-0.39, 0.29) is 25.3 Å². The van der Waals surface area contributed by atoms with Crippen molar-refractivity contribution < 1.29 is 29.0 Å². The lowest BCUT2D eigenvalue weighted by Gasteiger charge is -2.36. The van der Waals surface area contributed by atoms with Crippen LogP contribution in [0, 0.1) is 0 Å². The third kappa shape index (κ3) is 10.4. The van der Waals surface area contributed by atoms with Gasteiger partial charge < -0.3 is 24.5 Å². The first-order chi connectivity index (χ1) is 22.4. The van der Waals surface area contributed by atoms with Crippen LogP contribution in [0.4, 0.5) is 0 Å². The topological polar surface area (TPSA) is 124 Å². The molecule has 0 aliphatic rings. The third-order valence-corrected chi connectivity index (χ3v) is 7.80. The van der Waals surface area contributed by atoms with Crippen molar-refractivity contribution in [3.63, 3.8) is 0 Å². The quantitative estimate of drug-likeness (QED) is 0.110. The summed E-state index contributed by atoms with van der Waals surface area (Å²) in [5, 5.41) is 12.7. The summed E-state index contributed by atoms with van der Waals surface area (Å²) in [5.41, 5.74) is 6.40. The molecule has 1 aromatic heterocycles. The Bertz CT molecular complexity index is 1630. The van der Waals surface area contributed by atoms with Crippen LogP contribution in [0.2, 0.25) is 0 Å². The number of methoxy groups -OCH3 is 1. The monoisotopic (exact) mass is 642 g/mol. The number of hydrazine groups is 1. The number of hydrogen-bond donors (Lipinski definition) is 3. The summed E-state index contributed by atoms with van der Waals surface area (Å²) in [6.45, 7) is 5.82. The number of carboxylic acids is 1. The Balaban J connectivity index is 1.69. The normalized spacial score (nSPS) is 12.9. The van der Waals surface area contributed by atoms with Gasteiger partial charge in [-0.15, -0.1) is 0 Å². The lowest BCUT2D eigenvalue weighted by atomic mass is 10.0. The minimum Gasteiger partial charge on any atom is -0.496 e. The second-order valence-electron chi connectivity index (χ2n) is 12.7. The number of amides is 1. The highest BCUT2D eigenvalue weighted by Gasteiger charge is 2.32. The molecule has 47 heavy (non-hydrogen) atoms. The Labute approximate surface area is 276 Å². The number of aromatic amines is 1. The van der Waals surface area contributed by atoms with Crippen LogP contribution >= 0.6 is 0 Å². The van der Waals surface area contributed by atoms with Crippen LogP contribution in [-0.2, 0) is 38.5 Å². The molecular formula is C37H46N4O6. The van der Waals surface area contributed by atoms with Crippen LogP contribution in [0.5, 0.6) is 5.75 Å². The summed E-state index contributed by atoms with van der Waals surface area (Å²) in [6, 6.07) is 23.7. The molecule has 10 heteroatoms. The number of rotatable bonds is 16. The van der Waals surface area contributed by atoms with E-state index in [2.05, 4.69) is 10.4 Å². The summed E-state index contributed by atoms with van der Waals surface area (Å²) in [5.74, 6) is -0.915. The van der Waals surface area contributed by atoms with E-state index in [0.717, 1.165) is 27.6 Å². The molecule has 1 heterocycles. The smallest absolute Gasteiger partial charge is 0.307 e. The second kappa shape index (κ2) is 16.2. The zero-order chi connectivity index (χ0) is 34.0. The number of benzene rings is 3. The highest BCUT2D eigenvalue weighted by Crippen LogP contribution is 2.23. The number of H-pyrrole nitrogens is 1. The van der Waals surface area contributed by atoms with Gasteiger partial charge in [0.2, 0.25) is 5.91 Å². The van der Waals surface area contributed by atoms with Crippen LogP contribution in [0.1, 0.15) is 50.3 Å². The number of carbonyl (C=O) groups is 3. The molecule has 4 rings (SSSR count). The second-order valence-corrected chi connectivity index (χ2v) is 12.7. The number of nitrogens with one attached hydrogen (secondary N) is 2. The van der Waals surface area contributed by atoms with Gasteiger partial charge in [0.1, 0.15) is 17.4 Å². The van der Waals surface area contributed by atoms with Crippen molar-refractivity contribution >= 4 is 28.7 Å². The molecule has 0 aliphatic heterocycles. The number of ether oxygens (including phenoxy) is 2. The van der Waals surface area contributed by atoms with E-state index in [0.29, 0.717) is 25.1 Å². The van der Waals surface area contributed by atoms with Gasteiger partial charge in [0.25, 0.3) is 0 Å². The number of hydrogen-bond acceptors (Lipinski definition) is 7. The van der Waals surface area contributed by atoms with E-state index < -0.39 is 29.6 Å². The number of fused-ring (bicyclic) bond motifs is 1. The number of carboxylic acid groups (broad SMARTS) is 1. The Hall–Kier alpha value is -4.67. The van der Waals surface area contributed by atoms with Gasteiger partial charge in [0.15, 0.2) is 0 Å². The SMILES string of the molecule is COc1ccccc1CN(C)C(=O)C(Cc1ccccc1)N(CCC(=O)OC(C)(C)C)N[C@H](CC(=O)O)Cc1c[nH]c2ccccc12. The van der Waals surface area contributed by atoms with Crippen LogP contribution in [0.3, 0.4) is 0 Å². The molecule has 1 unspecified atom stereocenters. The van der Waals surface area contributed by atoms with Crippen LogP contribution in [-0.4, -0.2) is 76.2 Å². The van der Waals surface area contributed by atoms with Gasteiger partial charge in [-0.1, -0.05) is 66.7 Å². The molecule has 0 fully saturated rings. The van der Waals surface area contributed by atoms with E-state index in [1.54, 1.807) is 44.8 Å². The summed E-state index contributed by atoms with van der Waals surface area (Å²) in [4.78, 5) is 44.4. The largest absolute Gasteiger partial charge is 0.496 e. The van der Waals surface area contributed by atoms with Gasteiger partial charge in [0, 0.05) is 48.8 Å². The molecule has 2 atom stereocenters. The number of aliphatic carboxylic acids is 1. The molecule has 0 bridgehead atoms. The molecule has 4 aromatic rings. The lowest BCUT2D eigenvalue weighted by molar-refractivity contribution is -0.156. The van der Waals surface area contributed by atoms with Crippen molar-refractivity contribution in [3.8, 4) is 5.75 Å². The van der Waals surface area contributed by atoms with Gasteiger partial charge in [-0.25, -0.2) is 5.01 Å². The Morgan fingerprint density at radius 3 is 2.30 bits per heavy atom. The molecule has 0 radical (unpaired) electrons. The fourth-order valence-corrected chi connectivity index (χ4v) is 5.68. The minimum atomic E-state index is -0.978. The molecule has 0 aliphatic carbocycles. The Morgan fingerprint density at radius 2 is 1.60 bits per heavy atom. The molecule has 0 saturated heterocycles. The van der Waals surface area contributed by atoms with Crippen molar-refractivity contribution in [2.24, 2.45) is 0 Å². The number of esters is 1. The fraction of sp³-hybridized carbons (Fsp3) is 0.378. The van der Waals surface area contributed by atoms with Crippen molar-refractivity contribution in [1.82, 2.24) is 20.3 Å². The van der Waals surface area contributed by atoms with E-state index in [4.69, 9.17) is 9.47 Å². The zero-order valence-electron chi connectivity index (χ0n) is 27.9. The molecule has 3 N–H and O–H groups in total. The zero-order valence-corrected chi connectivity index (χ0v) is 27.9. The predicted octanol–water partition coefficient (Wildman–Crippen LogP) is 5.37. The molecule has 250 valence electrons. The van der Waals surface area contributed by atoms with E-state index in [9.17, 15) is 19.5 Å². The highest BCUT2D eigenvalue weighted by atomic mass is 16.6. The first-order valence-corrected chi connectivity index (χ1v) is 15.9. The standard InChI is InChI=1S/C37H46N4O6/c1-37(2,3)47-35(44)19-20-41(39-29(23-34(42)43)22-28-24-38-31-17-11-10-16-30(28)31)32(21-26-13-7-6-8-14-26)36(45)40(4)25-27-15-9-12-18-33(27)46-5/h6-18,24,29,32,38-39H,19-23,25H2,1-5H3,(H,42,43)/t29-,32?/m0/s1. The van der Waals surface area contributed by atoms with Gasteiger partial charge in [-0.3, -0.25) is 19.8 Å². The molecule has 3 aromatic carbocycles. The highest BCUT2D eigenvalue weighted by molar-refractivity contribution is 5.83. The maximum absolute atomic E-state index is 14.4. The summed E-state index contributed by atoms with van der Waals surface area (Å²) in [6.07, 6.45) is 2.38. The van der Waals surface area contributed by atoms with Gasteiger partial charge in [0.05, 0.1) is 20.0 Å². The molecule has 10 nitrogen and oxygen atoms in total. The fourth-order valence-electron chi connectivity index (χ4n) is 5.68. The van der Waals surface area contributed by atoms with E-state index in [1.807, 2.05) is 85.1 Å². The first kappa shape index (κ1) is 35.2. The average molecular weight is 643 g/mol. The lowest BCUT2D eigenvalue weighted by Crippen LogP contribution is -2.58. The van der Waals surface area contributed by atoms with E-state index >= 15 is 0 Å². The number of para-hydroxylation sites is 2. The van der Waals surface area contributed by atoms with Crippen molar-refractivity contribution in [3.05, 3.63) is 102 Å². The molecule has 1 amide bonds. The van der Waals surface area contributed by atoms with Gasteiger partial charge in [-0.2, -0.15) is 0 Å². The van der Waals surface area contributed by atoms with Gasteiger partial charge in [-0.05, 0) is 56.9 Å². The van der Waals surface area contributed by atoms with Crippen molar-refractivity contribution in [1.29, 1.82) is 0 Å². The maximum atomic E-state index is 14.4. The number of aromatic nitrogens is 1. The third-order valence-electron chi connectivity index (χ3n) is 7.80. The number of carbonyl (C=O) groups excluding carboxylic acids is 2. The number of likely N-dealkylation sites (N-methyl/N-ethyl adjacent to an activating group) is 1. The van der Waals surface area contributed by atoms with Crippen LogP contribution < -0.4 is 10.2 Å². The summed E-state index contributed by atoms with van der Waals surface area (Å²) < 4.78 is 11.1. The van der Waals surface area contributed by atoms with Crippen molar-refractivity contribution in [2.45, 2.75) is 70.7 Å². The minimum absolute atomic E-state index is 0.00800. The Morgan fingerprint density at radius 1 is 0.915 bits per heavy atom. The summed E-state index contributed by atoms with van der Waals surface area (Å²) >= 11 is 0. The van der Waals surface area contributed by atoms with E-state index in [1.165, 1.54) is 0 Å². The molecule has 0 saturated carbocycles. The average Bonchev–Trinajstić information content (AvgIpc) is 3.43. The Kier molecular flexibility index (Phi) is 12.2. The van der Waals surface area contributed by atoms with Crippen LogP contribution in [0.15, 0.2) is 85.1 Å². The van der Waals surface area contributed by atoms with Crippen LogP contribution in [0.25, 0.3) is 10.9 Å². The van der Waals surface area contributed by atoms with Crippen molar-refractivity contribution in [2.75, 3.05) is 20.7 Å². The molecular weight excluding hydrogens is 596 g/mol. The summed E-state index contributed by atoms with van der Waals surface area (Å²) in [7, 11) is 3.33. The molecule has 0 spiro atoms. The maximum Gasteiger partial charge on any atom is 0.307 e.